The number of ether oxygens (including phenoxy) is 1. The molecule has 4 N–H and O–H groups in total. The maximum atomic E-state index is 12.0. The molecule has 2 aromatic carbocycles. The van der Waals surface area contributed by atoms with Crippen molar-refractivity contribution in [3.63, 3.8) is 0 Å². The normalized spacial score (nSPS) is 13.3. The van der Waals surface area contributed by atoms with Crippen molar-refractivity contribution in [2.45, 2.75) is 6.42 Å². The Labute approximate surface area is 186 Å². The van der Waals surface area contributed by atoms with Gasteiger partial charge in [0.25, 0.3) is 0 Å². The van der Waals surface area contributed by atoms with Crippen molar-refractivity contribution >= 4 is 23.3 Å². The average Bonchev–Trinajstić information content (AvgIpc) is 3.12. The summed E-state index contributed by atoms with van der Waals surface area (Å²) in [6, 6.07) is 16.7. The zero-order valence-electron chi connectivity index (χ0n) is 17.5. The van der Waals surface area contributed by atoms with Gasteiger partial charge in [0.2, 0.25) is 5.91 Å². The number of nitrogens with one attached hydrogen (secondary N) is 2. The van der Waals surface area contributed by atoms with Gasteiger partial charge in [-0.1, -0.05) is 24.8 Å². The maximum absolute atomic E-state index is 12.0. The summed E-state index contributed by atoms with van der Waals surface area (Å²) in [4.78, 5) is 22.1. The van der Waals surface area contributed by atoms with Crippen LogP contribution in [-0.4, -0.2) is 46.1 Å². The molecule has 8 nitrogen and oxygen atoms in total. The van der Waals surface area contributed by atoms with E-state index in [4.69, 9.17) is 15.9 Å². The molecule has 0 spiro atoms. The van der Waals surface area contributed by atoms with Crippen LogP contribution in [0.15, 0.2) is 73.1 Å². The van der Waals surface area contributed by atoms with Crippen molar-refractivity contribution in [1.29, 1.82) is 5.41 Å². The number of nitrogen functional groups attached to an aromatic ring is 1. The standard InChI is InChI=1S/C24H24N6O2/c1-16-11-13-30(24(16)31)14-12-27-23-20(22(26)28-15-29-23)21(25)17-7-9-19(10-8-17)32-18-5-3-2-4-6-18/h2-10,15,25H,1,11-14H2,(H3,26,27,28,29). The van der Waals surface area contributed by atoms with Gasteiger partial charge in [0.05, 0.1) is 11.3 Å². The highest BCUT2D eigenvalue weighted by Gasteiger charge is 2.23. The van der Waals surface area contributed by atoms with E-state index in [1.165, 1.54) is 6.33 Å². The van der Waals surface area contributed by atoms with E-state index >= 15 is 0 Å². The lowest BCUT2D eigenvalue weighted by molar-refractivity contribution is -0.124. The lowest BCUT2D eigenvalue weighted by Gasteiger charge is -2.17. The SMILES string of the molecule is C=C1CCN(CCNc2ncnc(N)c2C(=N)c2ccc(Oc3ccccc3)cc2)C1=O. The van der Waals surface area contributed by atoms with E-state index in [0.717, 1.165) is 5.75 Å². The second-order valence-electron chi connectivity index (χ2n) is 7.37. The summed E-state index contributed by atoms with van der Waals surface area (Å²) in [5, 5.41) is 11.9. The summed E-state index contributed by atoms with van der Waals surface area (Å²) in [6.45, 7) is 5.44. The van der Waals surface area contributed by atoms with Gasteiger partial charge in [0.15, 0.2) is 0 Å². The number of amides is 1. The van der Waals surface area contributed by atoms with Crippen LogP contribution in [0.4, 0.5) is 11.6 Å². The molecule has 1 aliphatic rings. The number of para-hydroxylation sites is 1. The van der Waals surface area contributed by atoms with Crippen LogP contribution in [0.1, 0.15) is 17.5 Å². The van der Waals surface area contributed by atoms with E-state index in [1.54, 1.807) is 29.2 Å². The highest BCUT2D eigenvalue weighted by molar-refractivity contribution is 6.16. The summed E-state index contributed by atoms with van der Waals surface area (Å²) in [5.41, 5.74) is 8.00. The van der Waals surface area contributed by atoms with E-state index in [0.29, 0.717) is 54.3 Å². The highest BCUT2D eigenvalue weighted by Crippen LogP contribution is 2.25. The topological polar surface area (TPSA) is 117 Å². The molecule has 1 aliphatic heterocycles. The molecule has 1 amide bonds. The predicted molar refractivity (Wildman–Crippen MR) is 124 cm³/mol. The third kappa shape index (κ3) is 4.59. The third-order valence-corrected chi connectivity index (χ3v) is 5.20. The van der Waals surface area contributed by atoms with E-state index in [1.807, 2.05) is 30.3 Å². The Kier molecular flexibility index (Phi) is 6.12. The fourth-order valence-electron chi connectivity index (χ4n) is 3.46. The number of hydrogen-bond donors (Lipinski definition) is 3. The molecule has 162 valence electrons. The van der Waals surface area contributed by atoms with Gasteiger partial charge in [0.1, 0.15) is 29.5 Å². The number of nitrogens with two attached hydrogens (primary N) is 1. The largest absolute Gasteiger partial charge is 0.457 e. The molecule has 0 saturated carbocycles. The number of likely N-dealkylation sites (tertiary alicyclic amines) is 1. The molecule has 3 aromatic rings. The van der Waals surface area contributed by atoms with Crippen LogP contribution in [0.2, 0.25) is 0 Å². The van der Waals surface area contributed by atoms with E-state index < -0.39 is 0 Å². The first kappa shape index (κ1) is 21.0. The molecule has 8 heteroatoms. The van der Waals surface area contributed by atoms with Gasteiger partial charge in [-0.25, -0.2) is 9.97 Å². The first-order chi connectivity index (χ1) is 15.5. The Morgan fingerprint density at radius 2 is 1.84 bits per heavy atom. The summed E-state index contributed by atoms with van der Waals surface area (Å²) in [7, 11) is 0. The van der Waals surface area contributed by atoms with Gasteiger partial charge in [0, 0.05) is 30.8 Å². The number of carbonyl (C=O) groups excluding carboxylic acids is 1. The van der Waals surface area contributed by atoms with Crippen LogP contribution >= 0.6 is 0 Å². The lowest BCUT2D eigenvalue weighted by Crippen LogP contribution is -2.30. The van der Waals surface area contributed by atoms with Gasteiger partial charge >= 0.3 is 0 Å². The Bertz CT molecular complexity index is 1140. The number of rotatable bonds is 8. The van der Waals surface area contributed by atoms with Gasteiger partial charge < -0.3 is 20.7 Å². The van der Waals surface area contributed by atoms with E-state index in [-0.39, 0.29) is 17.4 Å². The van der Waals surface area contributed by atoms with Gasteiger partial charge in [-0.05, 0) is 42.8 Å². The Morgan fingerprint density at radius 3 is 2.53 bits per heavy atom. The van der Waals surface area contributed by atoms with Crippen molar-refractivity contribution in [1.82, 2.24) is 14.9 Å². The molecular formula is C24H24N6O2. The van der Waals surface area contributed by atoms with Gasteiger partial charge in [-0.3, -0.25) is 10.2 Å². The predicted octanol–water partition coefficient (Wildman–Crippen LogP) is 3.47. The van der Waals surface area contributed by atoms with Crippen LogP contribution in [0.25, 0.3) is 0 Å². The van der Waals surface area contributed by atoms with Crippen LogP contribution in [-0.2, 0) is 4.79 Å². The summed E-state index contributed by atoms with van der Waals surface area (Å²) >= 11 is 0. The molecule has 4 rings (SSSR count). The van der Waals surface area contributed by atoms with Crippen molar-refractivity contribution in [3.8, 4) is 11.5 Å². The second-order valence-corrected chi connectivity index (χ2v) is 7.37. The summed E-state index contributed by atoms with van der Waals surface area (Å²) in [5.74, 6) is 2.06. The maximum Gasteiger partial charge on any atom is 0.249 e. The van der Waals surface area contributed by atoms with Crippen molar-refractivity contribution in [2.75, 3.05) is 30.7 Å². The van der Waals surface area contributed by atoms with Crippen LogP contribution in [0.3, 0.4) is 0 Å². The van der Waals surface area contributed by atoms with E-state index in [2.05, 4.69) is 21.9 Å². The molecule has 0 bridgehead atoms. The fourth-order valence-corrected chi connectivity index (χ4v) is 3.46. The lowest BCUT2D eigenvalue weighted by atomic mass is 10.0. The molecule has 0 aliphatic carbocycles. The first-order valence-electron chi connectivity index (χ1n) is 10.3. The quantitative estimate of drug-likeness (QED) is 0.374. The van der Waals surface area contributed by atoms with Crippen LogP contribution < -0.4 is 15.8 Å². The minimum atomic E-state index is -0.0141. The molecule has 32 heavy (non-hydrogen) atoms. The number of benzene rings is 2. The molecule has 2 heterocycles. The molecule has 1 saturated heterocycles. The minimum Gasteiger partial charge on any atom is -0.457 e. The van der Waals surface area contributed by atoms with Crippen LogP contribution in [0.5, 0.6) is 11.5 Å². The summed E-state index contributed by atoms with van der Waals surface area (Å²) < 4.78 is 5.81. The minimum absolute atomic E-state index is 0.0141. The fraction of sp³-hybridized carbons (Fsp3) is 0.167. The molecule has 1 aromatic heterocycles. The van der Waals surface area contributed by atoms with Gasteiger partial charge in [-0.15, -0.1) is 0 Å². The average molecular weight is 428 g/mol. The number of carbonyl (C=O) groups is 1. The molecule has 0 unspecified atom stereocenters. The number of aromatic nitrogens is 2. The monoisotopic (exact) mass is 428 g/mol. The Morgan fingerprint density at radius 1 is 1.12 bits per heavy atom. The van der Waals surface area contributed by atoms with Crippen molar-refractivity contribution in [3.05, 3.63) is 84.2 Å². The number of nitrogens with zero attached hydrogens (tertiary/aromatic N) is 3. The first-order valence-corrected chi connectivity index (χ1v) is 10.3. The molecule has 0 atom stereocenters. The zero-order valence-corrected chi connectivity index (χ0v) is 17.5. The second kappa shape index (κ2) is 9.30. The molecule has 0 radical (unpaired) electrons. The smallest absolute Gasteiger partial charge is 0.249 e. The third-order valence-electron chi connectivity index (χ3n) is 5.20. The molecule has 1 fully saturated rings. The summed E-state index contributed by atoms with van der Waals surface area (Å²) in [6.07, 6.45) is 2.05. The molecular weight excluding hydrogens is 404 g/mol. The van der Waals surface area contributed by atoms with Gasteiger partial charge in [-0.2, -0.15) is 0 Å². The Balaban J connectivity index is 1.46. The van der Waals surface area contributed by atoms with E-state index in [9.17, 15) is 4.79 Å². The van der Waals surface area contributed by atoms with Crippen molar-refractivity contribution < 1.29 is 9.53 Å². The van der Waals surface area contributed by atoms with Crippen LogP contribution in [0, 0.1) is 5.41 Å². The number of hydrogen-bond acceptors (Lipinski definition) is 7. The highest BCUT2D eigenvalue weighted by atomic mass is 16.5. The van der Waals surface area contributed by atoms with Crippen molar-refractivity contribution in [2.24, 2.45) is 0 Å². The Hall–Kier alpha value is -4.20. The zero-order chi connectivity index (χ0) is 22.5. The number of anilines is 2.